The van der Waals surface area contributed by atoms with Crippen LogP contribution in [-0.4, -0.2) is 18.6 Å². The third kappa shape index (κ3) is 3.49. The Morgan fingerprint density at radius 1 is 1.28 bits per heavy atom. The summed E-state index contributed by atoms with van der Waals surface area (Å²) < 4.78 is 0. The van der Waals surface area contributed by atoms with Gasteiger partial charge in [0.15, 0.2) is 0 Å². The number of aryl methyl sites for hydroxylation is 1. The van der Waals surface area contributed by atoms with Crippen molar-refractivity contribution in [3.63, 3.8) is 0 Å². The van der Waals surface area contributed by atoms with E-state index in [9.17, 15) is 4.79 Å². The summed E-state index contributed by atoms with van der Waals surface area (Å²) in [5.41, 5.74) is 2.46. The number of benzene rings is 1. The highest BCUT2D eigenvalue weighted by atomic mass is 16.2. The molecule has 0 radical (unpaired) electrons. The zero-order chi connectivity index (χ0) is 13.2. The van der Waals surface area contributed by atoms with Crippen molar-refractivity contribution in [2.75, 3.05) is 6.54 Å². The minimum atomic E-state index is -0.0470. The van der Waals surface area contributed by atoms with Crippen LogP contribution in [0.3, 0.4) is 0 Å². The lowest BCUT2D eigenvalue weighted by Crippen LogP contribution is -2.43. The summed E-state index contributed by atoms with van der Waals surface area (Å²) in [7, 11) is 0. The van der Waals surface area contributed by atoms with E-state index >= 15 is 0 Å². The Hall–Kier alpha value is -1.51. The van der Waals surface area contributed by atoms with Gasteiger partial charge in [0.05, 0.1) is 0 Å². The van der Waals surface area contributed by atoms with Crippen LogP contribution in [-0.2, 0) is 5.41 Å². The maximum Gasteiger partial charge on any atom is 0.315 e. The van der Waals surface area contributed by atoms with Gasteiger partial charge in [-0.15, -0.1) is 0 Å². The molecule has 18 heavy (non-hydrogen) atoms. The van der Waals surface area contributed by atoms with Gasteiger partial charge in [0.1, 0.15) is 0 Å². The Bertz CT molecular complexity index is 419. The molecule has 1 aromatic carbocycles. The molecule has 2 rings (SSSR count). The Labute approximate surface area is 109 Å². The van der Waals surface area contributed by atoms with E-state index < -0.39 is 0 Å². The van der Waals surface area contributed by atoms with Gasteiger partial charge < -0.3 is 10.6 Å². The second kappa shape index (κ2) is 5.01. The SMILES string of the molecule is Cc1ccc(C(C)(C)CNC(=O)NC2CC2)cc1. The molecule has 0 spiro atoms. The van der Waals surface area contributed by atoms with Crippen LogP contribution in [0, 0.1) is 6.92 Å². The largest absolute Gasteiger partial charge is 0.337 e. The highest BCUT2D eigenvalue weighted by Crippen LogP contribution is 2.23. The zero-order valence-corrected chi connectivity index (χ0v) is 11.4. The number of carbonyl (C=O) groups is 1. The van der Waals surface area contributed by atoms with Gasteiger partial charge in [-0.25, -0.2) is 4.79 Å². The highest BCUT2D eigenvalue weighted by molar-refractivity contribution is 5.74. The molecule has 1 aromatic rings. The van der Waals surface area contributed by atoms with E-state index in [-0.39, 0.29) is 11.4 Å². The lowest BCUT2D eigenvalue weighted by Gasteiger charge is -2.26. The second-order valence-corrected chi connectivity index (χ2v) is 5.85. The fourth-order valence-electron chi connectivity index (χ4n) is 1.87. The van der Waals surface area contributed by atoms with E-state index in [2.05, 4.69) is 55.7 Å². The molecule has 0 aliphatic heterocycles. The maximum absolute atomic E-state index is 11.6. The Kier molecular flexibility index (Phi) is 3.60. The first-order valence-corrected chi connectivity index (χ1v) is 6.59. The number of carbonyl (C=O) groups excluding carboxylic acids is 1. The van der Waals surface area contributed by atoms with Crippen molar-refractivity contribution in [1.29, 1.82) is 0 Å². The summed E-state index contributed by atoms with van der Waals surface area (Å²) in [6.45, 7) is 7.02. The quantitative estimate of drug-likeness (QED) is 0.842. The van der Waals surface area contributed by atoms with Crippen molar-refractivity contribution in [3.05, 3.63) is 35.4 Å². The fourth-order valence-corrected chi connectivity index (χ4v) is 1.87. The van der Waals surface area contributed by atoms with Crippen LogP contribution < -0.4 is 10.6 Å². The van der Waals surface area contributed by atoms with E-state index in [0.717, 1.165) is 12.8 Å². The van der Waals surface area contributed by atoms with E-state index in [0.29, 0.717) is 12.6 Å². The highest BCUT2D eigenvalue weighted by Gasteiger charge is 2.25. The van der Waals surface area contributed by atoms with E-state index in [1.807, 2.05) is 0 Å². The standard InChI is InChI=1S/C15H22N2O/c1-11-4-6-12(7-5-11)15(2,3)10-16-14(18)17-13-8-9-13/h4-7,13H,8-10H2,1-3H3,(H2,16,17,18). The molecule has 2 N–H and O–H groups in total. The van der Waals surface area contributed by atoms with Crippen LogP contribution in [0.15, 0.2) is 24.3 Å². The van der Waals surface area contributed by atoms with Crippen molar-refractivity contribution >= 4 is 6.03 Å². The van der Waals surface area contributed by atoms with Gasteiger partial charge >= 0.3 is 6.03 Å². The van der Waals surface area contributed by atoms with Crippen molar-refractivity contribution in [1.82, 2.24) is 10.6 Å². The summed E-state index contributed by atoms with van der Waals surface area (Å²) in [5, 5.41) is 5.89. The molecule has 1 aliphatic carbocycles. The van der Waals surface area contributed by atoms with Crippen LogP contribution >= 0.6 is 0 Å². The molecule has 0 unspecified atom stereocenters. The molecule has 3 nitrogen and oxygen atoms in total. The Morgan fingerprint density at radius 2 is 1.89 bits per heavy atom. The minimum Gasteiger partial charge on any atom is -0.337 e. The Balaban J connectivity index is 1.89. The molecular formula is C15H22N2O. The molecule has 1 fully saturated rings. The van der Waals surface area contributed by atoms with Gasteiger partial charge in [0.2, 0.25) is 0 Å². The lowest BCUT2D eigenvalue weighted by molar-refractivity contribution is 0.238. The minimum absolute atomic E-state index is 0.0438. The molecule has 0 saturated heterocycles. The fraction of sp³-hybridized carbons (Fsp3) is 0.533. The first kappa shape index (κ1) is 12.9. The normalized spacial score (nSPS) is 15.3. The molecule has 0 aromatic heterocycles. The average Bonchev–Trinajstić information content (AvgIpc) is 3.11. The number of urea groups is 1. The Morgan fingerprint density at radius 3 is 2.44 bits per heavy atom. The van der Waals surface area contributed by atoms with E-state index in [1.165, 1.54) is 11.1 Å². The second-order valence-electron chi connectivity index (χ2n) is 5.85. The molecular weight excluding hydrogens is 224 g/mol. The monoisotopic (exact) mass is 246 g/mol. The van der Waals surface area contributed by atoms with Gasteiger partial charge in [-0.1, -0.05) is 43.7 Å². The zero-order valence-electron chi connectivity index (χ0n) is 11.4. The lowest BCUT2D eigenvalue weighted by atomic mass is 9.84. The van der Waals surface area contributed by atoms with Crippen LogP contribution in [0.4, 0.5) is 4.79 Å². The molecule has 98 valence electrons. The number of hydrogen-bond donors (Lipinski definition) is 2. The predicted octanol–water partition coefficient (Wildman–Crippen LogP) is 2.73. The van der Waals surface area contributed by atoms with Crippen LogP contribution in [0.5, 0.6) is 0 Å². The molecule has 1 aliphatic rings. The smallest absolute Gasteiger partial charge is 0.315 e. The summed E-state index contributed by atoms with van der Waals surface area (Å²) in [6, 6.07) is 8.86. The van der Waals surface area contributed by atoms with Gasteiger partial charge in [-0.05, 0) is 25.3 Å². The van der Waals surface area contributed by atoms with Gasteiger partial charge in [-0.2, -0.15) is 0 Å². The first-order valence-electron chi connectivity index (χ1n) is 6.59. The third-order valence-corrected chi connectivity index (χ3v) is 3.44. The molecule has 0 bridgehead atoms. The maximum atomic E-state index is 11.6. The third-order valence-electron chi connectivity index (χ3n) is 3.44. The number of hydrogen-bond acceptors (Lipinski definition) is 1. The van der Waals surface area contributed by atoms with Crippen molar-refractivity contribution in [2.24, 2.45) is 0 Å². The van der Waals surface area contributed by atoms with Crippen molar-refractivity contribution in [3.8, 4) is 0 Å². The van der Waals surface area contributed by atoms with Crippen LogP contribution in [0.2, 0.25) is 0 Å². The molecule has 0 heterocycles. The number of rotatable bonds is 4. The summed E-state index contributed by atoms with van der Waals surface area (Å²) in [4.78, 5) is 11.6. The summed E-state index contributed by atoms with van der Waals surface area (Å²) in [5.74, 6) is 0. The van der Waals surface area contributed by atoms with Gasteiger partial charge in [0.25, 0.3) is 0 Å². The first-order chi connectivity index (χ1) is 8.47. The summed E-state index contributed by atoms with van der Waals surface area (Å²) in [6.07, 6.45) is 2.24. The van der Waals surface area contributed by atoms with E-state index in [1.54, 1.807) is 0 Å². The van der Waals surface area contributed by atoms with Gasteiger partial charge in [0, 0.05) is 18.0 Å². The topological polar surface area (TPSA) is 41.1 Å². The summed E-state index contributed by atoms with van der Waals surface area (Å²) >= 11 is 0. The average molecular weight is 246 g/mol. The van der Waals surface area contributed by atoms with Crippen LogP contribution in [0.25, 0.3) is 0 Å². The molecule has 1 saturated carbocycles. The predicted molar refractivity (Wildman–Crippen MR) is 73.8 cm³/mol. The number of nitrogens with one attached hydrogen (secondary N) is 2. The van der Waals surface area contributed by atoms with Crippen molar-refractivity contribution < 1.29 is 4.79 Å². The van der Waals surface area contributed by atoms with Crippen molar-refractivity contribution in [2.45, 2.75) is 45.1 Å². The number of amides is 2. The van der Waals surface area contributed by atoms with E-state index in [4.69, 9.17) is 0 Å². The molecule has 2 amide bonds. The molecule has 0 atom stereocenters. The van der Waals surface area contributed by atoms with Crippen LogP contribution in [0.1, 0.15) is 37.8 Å². The van der Waals surface area contributed by atoms with Gasteiger partial charge in [-0.3, -0.25) is 0 Å². The molecule has 3 heteroatoms.